The molecule has 1 aromatic carbocycles. The summed E-state index contributed by atoms with van der Waals surface area (Å²) < 4.78 is 6.68. The number of ether oxygens (including phenoxy) is 1. The van der Waals surface area contributed by atoms with Gasteiger partial charge in [-0.15, -0.1) is 0 Å². The van der Waals surface area contributed by atoms with Crippen LogP contribution in [0.15, 0.2) is 30.4 Å². The van der Waals surface area contributed by atoms with Gasteiger partial charge >= 0.3 is 0 Å². The normalized spacial score (nSPS) is 26.4. The summed E-state index contributed by atoms with van der Waals surface area (Å²) in [6.07, 6.45) is 8.70. The van der Waals surface area contributed by atoms with E-state index in [0.717, 1.165) is 30.6 Å². The molecular formula is C20H25IN2O. The Hall–Kier alpha value is -1.01. The number of piperidine rings is 1. The number of aromatic nitrogens is 1. The second kappa shape index (κ2) is 6.71. The standard InChI is InChI=1S/C20H25IN2O/c1-3-14-10-13-4-7-19(14)23(12-13)9-8-16-17-11-15(24-2)5-6-18(17)22-20(16)21/h4-7,11,13-14,19,22H,3,8-10,12H2,1-2H3/t13-,14-,19+/m0/s1. The van der Waals surface area contributed by atoms with Crippen LogP contribution >= 0.6 is 22.6 Å². The molecule has 5 rings (SSSR count). The molecule has 4 heteroatoms. The molecule has 24 heavy (non-hydrogen) atoms. The lowest BCUT2D eigenvalue weighted by molar-refractivity contribution is 0.0826. The van der Waals surface area contributed by atoms with E-state index < -0.39 is 0 Å². The highest BCUT2D eigenvalue weighted by Crippen LogP contribution is 2.36. The first-order valence-electron chi connectivity index (χ1n) is 8.96. The van der Waals surface area contributed by atoms with Crippen LogP contribution in [0.1, 0.15) is 25.3 Å². The van der Waals surface area contributed by atoms with Gasteiger partial charge in [-0.3, -0.25) is 4.90 Å². The molecule has 2 bridgehead atoms. The Labute approximate surface area is 157 Å². The Bertz CT molecular complexity index is 766. The fourth-order valence-electron chi connectivity index (χ4n) is 4.48. The second-order valence-corrected chi connectivity index (χ2v) is 8.19. The molecule has 3 atom stereocenters. The van der Waals surface area contributed by atoms with Gasteiger partial charge in [0.25, 0.3) is 0 Å². The average molecular weight is 436 g/mol. The zero-order valence-electron chi connectivity index (χ0n) is 14.4. The Balaban J connectivity index is 1.55. The molecule has 0 unspecified atom stereocenters. The molecule has 1 aliphatic carbocycles. The summed E-state index contributed by atoms with van der Waals surface area (Å²) in [5.41, 5.74) is 2.64. The Morgan fingerprint density at radius 3 is 2.96 bits per heavy atom. The molecule has 3 heterocycles. The van der Waals surface area contributed by atoms with Gasteiger partial charge in [0.15, 0.2) is 0 Å². The minimum absolute atomic E-state index is 0.650. The highest BCUT2D eigenvalue weighted by atomic mass is 127. The highest BCUT2D eigenvalue weighted by molar-refractivity contribution is 14.1. The number of hydrogen-bond acceptors (Lipinski definition) is 2. The number of methoxy groups -OCH3 is 1. The van der Waals surface area contributed by atoms with Gasteiger partial charge in [-0.1, -0.05) is 25.5 Å². The zero-order chi connectivity index (χ0) is 16.7. The van der Waals surface area contributed by atoms with E-state index in [9.17, 15) is 0 Å². The van der Waals surface area contributed by atoms with Crippen LogP contribution in [0, 0.1) is 15.5 Å². The number of H-pyrrole nitrogens is 1. The minimum Gasteiger partial charge on any atom is -0.497 e. The monoisotopic (exact) mass is 436 g/mol. The van der Waals surface area contributed by atoms with E-state index in [1.165, 1.54) is 39.6 Å². The van der Waals surface area contributed by atoms with Crippen molar-refractivity contribution in [2.24, 2.45) is 11.8 Å². The summed E-state index contributed by atoms with van der Waals surface area (Å²) in [4.78, 5) is 6.22. The van der Waals surface area contributed by atoms with E-state index in [-0.39, 0.29) is 0 Å². The number of halogens is 1. The minimum atomic E-state index is 0.650. The fourth-order valence-corrected chi connectivity index (χ4v) is 5.33. The van der Waals surface area contributed by atoms with Crippen LogP contribution in [0.5, 0.6) is 5.75 Å². The van der Waals surface area contributed by atoms with Gasteiger partial charge in [-0.25, -0.2) is 0 Å². The van der Waals surface area contributed by atoms with E-state index >= 15 is 0 Å². The molecule has 128 valence electrons. The van der Waals surface area contributed by atoms with Crippen molar-refractivity contribution >= 4 is 33.5 Å². The predicted molar refractivity (Wildman–Crippen MR) is 108 cm³/mol. The van der Waals surface area contributed by atoms with Gasteiger partial charge < -0.3 is 9.72 Å². The fraction of sp³-hybridized carbons (Fsp3) is 0.500. The maximum Gasteiger partial charge on any atom is 0.119 e. The summed E-state index contributed by atoms with van der Waals surface area (Å²) in [6.45, 7) is 4.72. The lowest BCUT2D eigenvalue weighted by Crippen LogP contribution is -2.50. The third kappa shape index (κ3) is 2.88. The van der Waals surface area contributed by atoms with Crippen molar-refractivity contribution in [3.63, 3.8) is 0 Å². The summed E-state index contributed by atoms with van der Waals surface area (Å²) in [7, 11) is 1.74. The summed E-state index contributed by atoms with van der Waals surface area (Å²) in [5.74, 6) is 2.54. The molecule has 1 fully saturated rings. The Morgan fingerprint density at radius 2 is 2.21 bits per heavy atom. The van der Waals surface area contributed by atoms with Gasteiger partial charge in [-0.05, 0) is 71.0 Å². The lowest BCUT2D eigenvalue weighted by Gasteiger charge is -2.46. The molecule has 0 spiro atoms. The van der Waals surface area contributed by atoms with Crippen LogP contribution in [-0.4, -0.2) is 36.1 Å². The van der Waals surface area contributed by atoms with E-state index in [1.54, 1.807) is 7.11 Å². The first-order chi connectivity index (χ1) is 11.7. The summed E-state index contributed by atoms with van der Waals surface area (Å²) in [5, 5.41) is 1.31. The molecule has 2 aromatic rings. The number of fused-ring (bicyclic) bond motifs is 3. The maximum absolute atomic E-state index is 5.41. The first-order valence-corrected chi connectivity index (χ1v) is 10.0. The topological polar surface area (TPSA) is 28.3 Å². The first kappa shape index (κ1) is 16.5. The molecule has 1 saturated heterocycles. The Kier molecular flexibility index (Phi) is 4.60. The maximum atomic E-state index is 5.41. The summed E-state index contributed by atoms with van der Waals surface area (Å²) >= 11 is 2.44. The number of nitrogens with zero attached hydrogens (tertiary/aromatic N) is 1. The van der Waals surface area contributed by atoms with Crippen molar-refractivity contribution in [3.05, 3.63) is 39.6 Å². The zero-order valence-corrected chi connectivity index (χ0v) is 16.5. The van der Waals surface area contributed by atoms with Gasteiger partial charge in [-0.2, -0.15) is 0 Å². The van der Waals surface area contributed by atoms with Gasteiger partial charge in [0.05, 0.1) is 10.8 Å². The number of hydrogen-bond donors (Lipinski definition) is 1. The summed E-state index contributed by atoms with van der Waals surface area (Å²) in [6, 6.07) is 6.97. The highest BCUT2D eigenvalue weighted by Gasteiger charge is 2.36. The molecule has 0 amide bonds. The van der Waals surface area contributed by atoms with Crippen molar-refractivity contribution in [2.45, 2.75) is 32.2 Å². The van der Waals surface area contributed by atoms with Crippen molar-refractivity contribution in [1.29, 1.82) is 0 Å². The van der Waals surface area contributed by atoms with Gasteiger partial charge in [0.2, 0.25) is 0 Å². The molecule has 3 aliphatic rings. The van der Waals surface area contributed by atoms with Crippen LogP contribution in [0.4, 0.5) is 0 Å². The molecule has 3 nitrogen and oxygen atoms in total. The van der Waals surface area contributed by atoms with Crippen molar-refractivity contribution in [3.8, 4) is 5.75 Å². The molecule has 1 N–H and O–H groups in total. The van der Waals surface area contributed by atoms with Crippen LogP contribution < -0.4 is 4.74 Å². The second-order valence-electron chi connectivity index (χ2n) is 7.11. The number of benzene rings is 1. The number of aromatic amines is 1. The van der Waals surface area contributed by atoms with E-state index in [0.29, 0.717) is 6.04 Å². The van der Waals surface area contributed by atoms with Crippen LogP contribution in [0.3, 0.4) is 0 Å². The van der Waals surface area contributed by atoms with E-state index in [2.05, 4.69) is 63.7 Å². The van der Waals surface area contributed by atoms with E-state index in [1.807, 2.05) is 6.07 Å². The Morgan fingerprint density at radius 1 is 1.33 bits per heavy atom. The molecule has 2 aliphatic heterocycles. The van der Waals surface area contributed by atoms with Gasteiger partial charge in [0.1, 0.15) is 5.75 Å². The molecule has 0 radical (unpaired) electrons. The van der Waals surface area contributed by atoms with Crippen molar-refractivity contribution in [1.82, 2.24) is 9.88 Å². The third-order valence-electron chi connectivity index (χ3n) is 5.79. The quantitative estimate of drug-likeness (QED) is 0.548. The average Bonchev–Trinajstić information content (AvgIpc) is 2.94. The van der Waals surface area contributed by atoms with Crippen LogP contribution in [-0.2, 0) is 6.42 Å². The SMILES string of the molecule is CC[C@H]1C[C@@H]2C=C[C@H]1N(CCc1c(I)[nH]c3ccc(OC)cc13)C2. The smallest absolute Gasteiger partial charge is 0.119 e. The number of rotatable bonds is 5. The number of nitrogens with one attached hydrogen (secondary N) is 1. The van der Waals surface area contributed by atoms with Crippen LogP contribution in [0.25, 0.3) is 10.9 Å². The molecule has 0 saturated carbocycles. The van der Waals surface area contributed by atoms with Crippen molar-refractivity contribution in [2.75, 3.05) is 20.2 Å². The predicted octanol–water partition coefficient (Wildman–Crippen LogP) is 4.61. The van der Waals surface area contributed by atoms with E-state index in [4.69, 9.17) is 4.74 Å². The van der Waals surface area contributed by atoms with Crippen molar-refractivity contribution < 1.29 is 4.74 Å². The largest absolute Gasteiger partial charge is 0.497 e. The lowest BCUT2D eigenvalue weighted by atomic mass is 9.76. The molecular weight excluding hydrogens is 411 g/mol. The molecule has 1 aromatic heterocycles. The third-order valence-corrected chi connectivity index (χ3v) is 6.71. The van der Waals surface area contributed by atoms with Crippen LogP contribution in [0.2, 0.25) is 0 Å². The van der Waals surface area contributed by atoms with Gasteiger partial charge in [0, 0.05) is 30.0 Å².